The van der Waals surface area contributed by atoms with Gasteiger partial charge in [-0.15, -0.1) is 0 Å². The molecule has 3 aromatic rings. The monoisotopic (exact) mass is 469 g/mol. The number of H-pyrrole nitrogens is 1. The van der Waals surface area contributed by atoms with Gasteiger partial charge >= 0.3 is 0 Å². The number of carbonyl (C=O) groups is 2. The number of nitriles is 1. The van der Waals surface area contributed by atoms with Gasteiger partial charge in [0, 0.05) is 29.3 Å². The summed E-state index contributed by atoms with van der Waals surface area (Å²) in [5.41, 5.74) is 1.48. The fourth-order valence-corrected chi connectivity index (χ4v) is 5.69. The molecule has 4 N–H and O–H groups in total. The fraction of sp³-hybridized carbons (Fsp3) is 0.407. The molecule has 1 saturated heterocycles. The van der Waals surface area contributed by atoms with Crippen LogP contribution in [0.15, 0.2) is 41.2 Å². The number of hydrogen-bond donors (Lipinski definition) is 4. The minimum absolute atomic E-state index is 0.120. The number of rotatable bonds is 6. The maximum absolute atomic E-state index is 13.0. The van der Waals surface area contributed by atoms with Crippen LogP contribution in [-0.4, -0.2) is 41.0 Å². The van der Waals surface area contributed by atoms with E-state index in [1.165, 1.54) is 0 Å². The number of piperidine rings is 1. The molecule has 1 aromatic heterocycles. The van der Waals surface area contributed by atoms with Crippen LogP contribution in [0, 0.1) is 17.2 Å². The predicted octanol–water partition coefficient (Wildman–Crippen LogP) is 2.26. The van der Waals surface area contributed by atoms with E-state index in [1.807, 2.05) is 24.3 Å². The largest absolute Gasteiger partial charge is 0.349 e. The molecule has 35 heavy (non-hydrogen) atoms. The van der Waals surface area contributed by atoms with Crippen LogP contribution in [0.5, 0.6) is 0 Å². The Hall–Kier alpha value is -3.70. The zero-order valence-corrected chi connectivity index (χ0v) is 19.3. The number of para-hydroxylation sites is 1. The van der Waals surface area contributed by atoms with Gasteiger partial charge in [0.15, 0.2) is 0 Å². The Morgan fingerprint density at radius 1 is 1.09 bits per heavy atom. The van der Waals surface area contributed by atoms with Gasteiger partial charge in [-0.2, -0.15) is 5.26 Å². The highest BCUT2D eigenvalue weighted by Crippen LogP contribution is 2.35. The Labute approximate surface area is 202 Å². The lowest BCUT2D eigenvalue weighted by atomic mass is 9.97. The summed E-state index contributed by atoms with van der Waals surface area (Å²) in [4.78, 5) is 41.3. The Bertz CT molecular complexity index is 1450. The summed E-state index contributed by atoms with van der Waals surface area (Å²) in [5, 5.41) is 20.9. The summed E-state index contributed by atoms with van der Waals surface area (Å²) in [6.45, 7) is 0. The first-order valence-corrected chi connectivity index (χ1v) is 12.3. The summed E-state index contributed by atoms with van der Waals surface area (Å²) in [5.74, 6) is 0.0516. The zero-order chi connectivity index (χ0) is 24.1. The Kier molecular flexibility index (Phi) is 5.30. The highest BCUT2D eigenvalue weighted by atomic mass is 16.2. The van der Waals surface area contributed by atoms with Gasteiger partial charge in [-0.25, -0.2) is 0 Å². The van der Waals surface area contributed by atoms with Crippen LogP contribution in [0.3, 0.4) is 0 Å². The molecule has 0 spiro atoms. The minimum Gasteiger partial charge on any atom is -0.349 e. The van der Waals surface area contributed by atoms with Gasteiger partial charge in [-0.1, -0.05) is 24.3 Å². The van der Waals surface area contributed by atoms with Crippen molar-refractivity contribution in [2.45, 2.75) is 62.7 Å². The quantitative estimate of drug-likeness (QED) is 0.412. The number of carbonyl (C=O) groups excluding carboxylic acids is 2. The highest BCUT2D eigenvalue weighted by molar-refractivity contribution is 6.13. The molecule has 8 nitrogen and oxygen atoms in total. The average molecular weight is 470 g/mol. The van der Waals surface area contributed by atoms with E-state index in [2.05, 4.69) is 27.0 Å². The number of aromatic amines is 1. The number of benzene rings is 2. The SMILES string of the molecule is N#CC(Cc1ccc2c(c1)c(=O)[nH]c1c(C(=O)NC3CC3)cccc12)NC(=O)[C@H]1N[C@@H]2CC[C@H]1C2. The molecule has 2 aliphatic carbocycles. The third kappa shape index (κ3) is 4.06. The maximum Gasteiger partial charge on any atom is 0.256 e. The standard InChI is InChI=1S/C27H27N5O3/c28-13-18(31-27(35)23-15-5-6-17(12-15)29-23)10-14-4-9-19-20-2-1-3-21(25(33)30-16-7-8-16)24(20)32-26(34)22(19)11-14/h1-4,9,11,15-18,23,29H,5-8,10,12H2,(H,30,33)(H,31,35)(H,32,34)/t15-,17+,18?,23-/m0/s1. The van der Waals surface area contributed by atoms with Crippen molar-refractivity contribution in [1.29, 1.82) is 5.26 Å². The summed E-state index contributed by atoms with van der Waals surface area (Å²) in [6, 6.07) is 12.9. The van der Waals surface area contributed by atoms with E-state index in [0.717, 1.165) is 48.4 Å². The summed E-state index contributed by atoms with van der Waals surface area (Å²) < 4.78 is 0. The second-order valence-corrected chi connectivity index (χ2v) is 10.1. The summed E-state index contributed by atoms with van der Waals surface area (Å²) in [7, 11) is 0. The number of nitrogens with zero attached hydrogens (tertiary/aromatic N) is 1. The molecule has 3 aliphatic rings. The molecular weight excluding hydrogens is 442 g/mol. The zero-order valence-electron chi connectivity index (χ0n) is 19.3. The van der Waals surface area contributed by atoms with E-state index in [1.54, 1.807) is 12.1 Å². The first-order chi connectivity index (χ1) is 17.0. The van der Waals surface area contributed by atoms with Crippen molar-refractivity contribution in [3.63, 3.8) is 0 Å². The second-order valence-electron chi connectivity index (χ2n) is 10.1. The molecule has 8 heteroatoms. The van der Waals surface area contributed by atoms with Gasteiger partial charge in [0.1, 0.15) is 6.04 Å². The third-order valence-corrected chi connectivity index (χ3v) is 7.63. The van der Waals surface area contributed by atoms with E-state index >= 15 is 0 Å². The molecule has 0 radical (unpaired) electrons. The molecule has 2 amide bonds. The fourth-order valence-electron chi connectivity index (χ4n) is 5.69. The third-order valence-electron chi connectivity index (χ3n) is 7.63. The molecule has 4 atom stereocenters. The first-order valence-electron chi connectivity index (χ1n) is 12.3. The lowest BCUT2D eigenvalue weighted by molar-refractivity contribution is -0.124. The molecular formula is C27H27N5O3. The molecule has 178 valence electrons. The summed E-state index contributed by atoms with van der Waals surface area (Å²) >= 11 is 0. The van der Waals surface area contributed by atoms with Gasteiger partial charge < -0.3 is 20.9 Å². The number of aromatic nitrogens is 1. The first kappa shape index (κ1) is 21.8. The number of hydrogen-bond acceptors (Lipinski definition) is 5. The van der Waals surface area contributed by atoms with Gasteiger partial charge in [0.25, 0.3) is 11.5 Å². The van der Waals surface area contributed by atoms with Crippen molar-refractivity contribution in [3.8, 4) is 6.07 Å². The van der Waals surface area contributed by atoms with Crippen LogP contribution < -0.4 is 21.5 Å². The van der Waals surface area contributed by atoms with Crippen molar-refractivity contribution in [2.24, 2.45) is 5.92 Å². The minimum atomic E-state index is -0.682. The number of amides is 2. The van der Waals surface area contributed by atoms with Gasteiger partial charge in [-0.3, -0.25) is 14.4 Å². The molecule has 1 aliphatic heterocycles. The summed E-state index contributed by atoms with van der Waals surface area (Å²) in [6.07, 6.45) is 5.48. The average Bonchev–Trinajstić information content (AvgIpc) is 3.41. The smallest absolute Gasteiger partial charge is 0.256 e. The van der Waals surface area contributed by atoms with Gasteiger partial charge in [-0.05, 0) is 61.1 Å². The van der Waals surface area contributed by atoms with Crippen LogP contribution in [0.25, 0.3) is 21.7 Å². The van der Waals surface area contributed by atoms with Crippen molar-refractivity contribution >= 4 is 33.5 Å². The van der Waals surface area contributed by atoms with Crippen molar-refractivity contribution in [2.75, 3.05) is 0 Å². The van der Waals surface area contributed by atoms with E-state index in [9.17, 15) is 19.6 Å². The lowest BCUT2D eigenvalue weighted by Gasteiger charge is -2.23. The van der Waals surface area contributed by atoms with E-state index in [-0.39, 0.29) is 29.5 Å². The molecule has 2 saturated carbocycles. The van der Waals surface area contributed by atoms with Crippen LogP contribution in [-0.2, 0) is 11.2 Å². The second kappa shape index (κ2) is 8.51. The van der Waals surface area contributed by atoms with Crippen LogP contribution >= 0.6 is 0 Å². The Balaban J connectivity index is 1.26. The molecule has 2 bridgehead atoms. The van der Waals surface area contributed by atoms with E-state index in [0.29, 0.717) is 34.8 Å². The van der Waals surface area contributed by atoms with Gasteiger partial charge in [0.2, 0.25) is 5.91 Å². The molecule has 3 fully saturated rings. The van der Waals surface area contributed by atoms with E-state index < -0.39 is 6.04 Å². The predicted molar refractivity (Wildman–Crippen MR) is 132 cm³/mol. The molecule has 1 unspecified atom stereocenters. The van der Waals surface area contributed by atoms with Gasteiger partial charge in [0.05, 0.1) is 23.2 Å². The van der Waals surface area contributed by atoms with Crippen LogP contribution in [0.4, 0.5) is 0 Å². The number of pyridine rings is 1. The Morgan fingerprint density at radius 3 is 2.66 bits per heavy atom. The number of fused-ring (bicyclic) bond motifs is 5. The van der Waals surface area contributed by atoms with E-state index in [4.69, 9.17) is 0 Å². The van der Waals surface area contributed by atoms with Crippen molar-refractivity contribution < 1.29 is 9.59 Å². The lowest BCUT2D eigenvalue weighted by Crippen LogP contribution is -2.50. The van der Waals surface area contributed by atoms with Crippen molar-refractivity contribution in [1.82, 2.24) is 20.9 Å². The molecule has 2 heterocycles. The van der Waals surface area contributed by atoms with Crippen LogP contribution in [0.2, 0.25) is 0 Å². The maximum atomic E-state index is 13.0. The number of nitrogens with one attached hydrogen (secondary N) is 4. The highest BCUT2D eigenvalue weighted by Gasteiger charge is 2.43. The van der Waals surface area contributed by atoms with Crippen molar-refractivity contribution in [3.05, 3.63) is 57.9 Å². The molecule has 2 aromatic carbocycles. The molecule has 6 rings (SSSR count). The normalized spacial score (nSPS) is 23.8. The Morgan fingerprint density at radius 2 is 1.94 bits per heavy atom. The topological polar surface area (TPSA) is 127 Å². The van der Waals surface area contributed by atoms with Crippen LogP contribution in [0.1, 0.15) is 48.0 Å².